The van der Waals surface area contributed by atoms with E-state index in [1.165, 1.54) is 42.6 Å². The lowest BCUT2D eigenvalue weighted by atomic mass is 10.2. The van der Waals surface area contributed by atoms with Gasteiger partial charge in [-0.05, 0) is 50.1 Å². The summed E-state index contributed by atoms with van der Waals surface area (Å²) in [7, 11) is -2.19. The average Bonchev–Trinajstić information content (AvgIpc) is 2.80. The highest BCUT2D eigenvalue weighted by Gasteiger charge is 2.27. The highest BCUT2D eigenvalue weighted by atomic mass is 32.2. The molecule has 166 valence electrons. The molecule has 3 rings (SSSR count). The Bertz CT molecular complexity index is 1050. The van der Waals surface area contributed by atoms with Crippen LogP contribution in [0.3, 0.4) is 0 Å². The number of para-hydroxylation sites is 2. The van der Waals surface area contributed by atoms with Gasteiger partial charge in [0.1, 0.15) is 5.75 Å². The number of hydrogen-bond acceptors (Lipinski definition) is 6. The smallest absolute Gasteiger partial charge is 0.338 e. The first kappa shape index (κ1) is 22.8. The molecule has 1 atom stereocenters. The third-order valence-electron chi connectivity index (χ3n) is 5.04. The number of carbonyl (C=O) groups excluding carboxylic acids is 2. The molecule has 0 saturated carbocycles. The van der Waals surface area contributed by atoms with E-state index < -0.39 is 28.0 Å². The summed E-state index contributed by atoms with van der Waals surface area (Å²) in [6.07, 6.45) is 1.55. The van der Waals surface area contributed by atoms with E-state index in [1.54, 1.807) is 24.3 Å². The number of nitrogens with zero attached hydrogens (tertiary/aromatic N) is 1. The predicted octanol–water partition coefficient (Wildman–Crippen LogP) is 3.05. The van der Waals surface area contributed by atoms with Gasteiger partial charge < -0.3 is 14.8 Å². The molecule has 1 heterocycles. The van der Waals surface area contributed by atoms with Gasteiger partial charge in [-0.3, -0.25) is 4.79 Å². The van der Waals surface area contributed by atoms with Gasteiger partial charge in [0, 0.05) is 13.1 Å². The Labute approximate surface area is 182 Å². The number of piperidine rings is 1. The van der Waals surface area contributed by atoms with Crippen LogP contribution in [-0.4, -0.2) is 50.9 Å². The molecule has 2 aromatic carbocycles. The van der Waals surface area contributed by atoms with Crippen LogP contribution in [0.2, 0.25) is 0 Å². The molecule has 1 saturated heterocycles. The van der Waals surface area contributed by atoms with Gasteiger partial charge in [-0.15, -0.1) is 0 Å². The van der Waals surface area contributed by atoms with E-state index in [4.69, 9.17) is 9.47 Å². The molecule has 2 aromatic rings. The quantitative estimate of drug-likeness (QED) is 0.656. The normalized spacial score (nSPS) is 15.7. The molecule has 0 aromatic heterocycles. The maximum atomic E-state index is 12.9. The average molecular weight is 447 g/mol. The first-order valence-electron chi connectivity index (χ1n) is 10.1. The fraction of sp³-hybridized carbons (Fsp3) is 0.364. The summed E-state index contributed by atoms with van der Waals surface area (Å²) in [6, 6.07) is 12.6. The number of nitrogens with one attached hydrogen (secondary N) is 1. The van der Waals surface area contributed by atoms with Crippen LogP contribution in [0.4, 0.5) is 5.69 Å². The standard InChI is InChI=1S/C22H26N2O6S/c1-16(21(25)23-19-11-4-5-12-20(19)29-2)30-22(26)17-9-8-10-18(15-17)31(27,28)24-13-6-3-7-14-24/h4-5,8-12,15-16H,3,6-7,13-14H2,1-2H3,(H,23,25). The lowest BCUT2D eigenvalue weighted by Gasteiger charge is -2.26. The Morgan fingerprint density at radius 3 is 2.45 bits per heavy atom. The van der Waals surface area contributed by atoms with Crippen LogP contribution in [0.25, 0.3) is 0 Å². The molecule has 0 spiro atoms. The van der Waals surface area contributed by atoms with Gasteiger partial charge in [-0.1, -0.05) is 24.6 Å². The van der Waals surface area contributed by atoms with Gasteiger partial charge in [0.25, 0.3) is 5.91 Å². The Kier molecular flexibility index (Phi) is 7.29. The summed E-state index contributed by atoms with van der Waals surface area (Å²) in [5.41, 5.74) is 0.516. The number of rotatable bonds is 7. The van der Waals surface area contributed by atoms with Gasteiger partial charge in [0.15, 0.2) is 6.10 Å². The summed E-state index contributed by atoms with van der Waals surface area (Å²) in [4.78, 5) is 25.0. The third-order valence-corrected chi connectivity index (χ3v) is 6.94. The van der Waals surface area contributed by atoms with Gasteiger partial charge in [-0.2, -0.15) is 4.31 Å². The number of amides is 1. The number of sulfonamides is 1. The van der Waals surface area contributed by atoms with E-state index in [2.05, 4.69) is 5.32 Å². The largest absolute Gasteiger partial charge is 0.495 e. The van der Waals surface area contributed by atoms with Crippen LogP contribution in [0.1, 0.15) is 36.5 Å². The molecule has 1 unspecified atom stereocenters. The summed E-state index contributed by atoms with van der Waals surface area (Å²) in [5.74, 6) is -0.835. The summed E-state index contributed by atoms with van der Waals surface area (Å²) >= 11 is 0. The maximum absolute atomic E-state index is 12.9. The Balaban J connectivity index is 1.69. The fourth-order valence-corrected chi connectivity index (χ4v) is 4.87. The molecule has 0 aliphatic carbocycles. The topological polar surface area (TPSA) is 102 Å². The van der Waals surface area contributed by atoms with Crippen LogP contribution in [-0.2, 0) is 19.6 Å². The van der Waals surface area contributed by atoms with Crippen molar-refractivity contribution in [2.75, 3.05) is 25.5 Å². The zero-order chi connectivity index (χ0) is 22.4. The van der Waals surface area contributed by atoms with Gasteiger partial charge in [0.2, 0.25) is 10.0 Å². The van der Waals surface area contributed by atoms with Crippen LogP contribution in [0.15, 0.2) is 53.4 Å². The molecular weight excluding hydrogens is 420 g/mol. The lowest BCUT2D eigenvalue weighted by Crippen LogP contribution is -2.35. The molecule has 0 bridgehead atoms. The van der Waals surface area contributed by atoms with Crippen molar-refractivity contribution in [2.24, 2.45) is 0 Å². The van der Waals surface area contributed by atoms with E-state index >= 15 is 0 Å². The van der Waals surface area contributed by atoms with Gasteiger partial charge >= 0.3 is 5.97 Å². The Morgan fingerprint density at radius 2 is 1.74 bits per heavy atom. The van der Waals surface area contributed by atoms with Crippen molar-refractivity contribution in [3.8, 4) is 5.75 Å². The number of esters is 1. The summed E-state index contributed by atoms with van der Waals surface area (Å²) < 4.78 is 37.6. The van der Waals surface area contributed by atoms with Gasteiger partial charge in [-0.25, -0.2) is 13.2 Å². The number of anilines is 1. The van der Waals surface area contributed by atoms with E-state index in [1.807, 2.05) is 0 Å². The van der Waals surface area contributed by atoms with Crippen molar-refractivity contribution in [3.63, 3.8) is 0 Å². The van der Waals surface area contributed by atoms with E-state index in [9.17, 15) is 18.0 Å². The Hall–Kier alpha value is -2.91. The second kappa shape index (κ2) is 9.93. The van der Waals surface area contributed by atoms with Gasteiger partial charge in [0.05, 0.1) is 23.3 Å². The lowest BCUT2D eigenvalue weighted by molar-refractivity contribution is -0.123. The number of hydrogen-bond donors (Lipinski definition) is 1. The third kappa shape index (κ3) is 5.42. The fourth-order valence-electron chi connectivity index (χ4n) is 3.30. The van der Waals surface area contributed by atoms with E-state index in [-0.39, 0.29) is 10.5 Å². The number of benzene rings is 2. The van der Waals surface area contributed by atoms with Crippen molar-refractivity contribution < 1.29 is 27.5 Å². The first-order chi connectivity index (χ1) is 14.8. The van der Waals surface area contributed by atoms with Crippen molar-refractivity contribution in [3.05, 3.63) is 54.1 Å². The molecule has 0 radical (unpaired) electrons. The monoisotopic (exact) mass is 446 g/mol. The zero-order valence-corrected chi connectivity index (χ0v) is 18.4. The van der Waals surface area contributed by atoms with Crippen LogP contribution >= 0.6 is 0 Å². The minimum Gasteiger partial charge on any atom is -0.495 e. The molecule has 1 aliphatic heterocycles. The molecule has 1 amide bonds. The summed E-state index contributed by atoms with van der Waals surface area (Å²) in [5, 5.41) is 2.65. The van der Waals surface area contributed by atoms with Crippen molar-refractivity contribution >= 4 is 27.6 Å². The minimum atomic E-state index is -3.68. The Morgan fingerprint density at radius 1 is 1.03 bits per heavy atom. The second-order valence-electron chi connectivity index (χ2n) is 7.23. The molecule has 8 nitrogen and oxygen atoms in total. The highest BCUT2D eigenvalue weighted by molar-refractivity contribution is 7.89. The molecule has 31 heavy (non-hydrogen) atoms. The number of ether oxygens (including phenoxy) is 2. The molecular formula is C22H26N2O6S. The van der Waals surface area contributed by atoms with E-state index in [0.29, 0.717) is 24.5 Å². The van der Waals surface area contributed by atoms with Crippen LogP contribution in [0, 0.1) is 0 Å². The predicted molar refractivity (Wildman–Crippen MR) is 116 cm³/mol. The maximum Gasteiger partial charge on any atom is 0.338 e. The second-order valence-corrected chi connectivity index (χ2v) is 9.17. The SMILES string of the molecule is COc1ccccc1NC(=O)C(C)OC(=O)c1cccc(S(=O)(=O)N2CCCCC2)c1. The molecule has 1 fully saturated rings. The van der Waals surface area contributed by atoms with Crippen LogP contribution < -0.4 is 10.1 Å². The van der Waals surface area contributed by atoms with Crippen molar-refractivity contribution in [1.29, 1.82) is 0 Å². The number of carbonyl (C=O) groups is 2. The number of methoxy groups -OCH3 is 1. The zero-order valence-electron chi connectivity index (χ0n) is 17.5. The first-order valence-corrected chi connectivity index (χ1v) is 11.5. The molecule has 9 heteroatoms. The minimum absolute atomic E-state index is 0.0370. The van der Waals surface area contributed by atoms with Crippen molar-refractivity contribution in [1.82, 2.24) is 4.31 Å². The van der Waals surface area contributed by atoms with E-state index in [0.717, 1.165) is 19.3 Å². The summed E-state index contributed by atoms with van der Waals surface area (Å²) in [6.45, 7) is 2.38. The highest BCUT2D eigenvalue weighted by Crippen LogP contribution is 2.24. The molecule has 1 N–H and O–H groups in total. The van der Waals surface area contributed by atoms with Crippen molar-refractivity contribution in [2.45, 2.75) is 37.2 Å². The van der Waals surface area contributed by atoms with Crippen LogP contribution in [0.5, 0.6) is 5.75 Å². The molecule has 1 aliphatic rings.